The molecule has 1 aliphatic rings. The molecule has 0 saturated heterocycles. The van der Waals surface area contributed by atoms with Crippen molar-refractivity contribution in [1.29, 1.82) is 0 Å². The molecule has 0 radical (unpaired) electrons. The monoisotopic (exact) mass is 291 g/mol. The van der Waals surface area contributed by atoms with E-state index in [-0.39, 0.29) is 0 Å². The molecule has 4 N–H and O–H groups in total. The number of aromatic amines is 1. The number of ether oxygens (including phenoxy) is 1. The normalized spacial score (nSPS) is 16.4. The maximum atomic E-state index is 11.1. The Hall–Kier alpha value is -1.95. The molecule has 0 aliphatic heterocycles. The van der Waals surface area contributed by atoms with Gasteiger partial charge in [-0.1, -0.05) is 19.3 Å². The van der Waals surface area contributed by atoms with Crippen LogP contribution in [-0.4, -0.2) is 24.2 Å². The molecule has 1 saturated carbocycles. The molecular weight excluding hydrogens is 270 g/mol. The van der Waals surface area contributed by atoms with E-state index in [0.29, 0.717) is 36.0 Å². The number of nitrogen functional groups attached to an aromatic ring is 1. The van der Waals surface area contributed by atoms with Gasteiger partial charge in [-0.2, -0.15) is 0 Å². The summed E-state index contributed by atoms with van der Waals surface area (Å²) in [6.07, 6.45) is 6.63. The molecule has 0 unspecified atom stereocenters. The van der Waals surface area contributed by atoms with Crippen LogP contribution < -0.4 is 16.8 Å². The number of H-pyrrole nitrogens is 1. The van der Waals surface area contributed by atoms with Crippen LogP contribution in [0, 0.1) is 0 Å². The molecule has 0 amide bonds. The number of hydrogen-bond donors (Lipinski definition) is 3. The molecule has 0 atom stereocenters. The summed E-state index contributed by atoms with van der Waals surface area (Å²) in [6.45, 7) is 1.35. The Labute approximate surface area is 122 Å². The molecule has 2 aromatic rings. The summed E-state index contributed by atoms with van der Waals surface area (Å²) in [5.41, 5.74) is 8.40. The van der Waals surface area contributed by atoms with Crippen molar-refractivity contribution >= 4 is 22.5 Å². The summed E-state index contributed by atoms with van der Waals surface area (Å²) in [5, 5.41) is 3.24. The van der Waals surface area contributed by atoms with Crippen LogP contribution in [0.15, 0.2) is 21.3 Å². The van der Waals surface area contributed by atoms with E-state index >= 15 is 0 Å². The van der Waals surface area contributed by atoms with Crippen molar-refractivity contribution in [1.82, 2.24) is 4.98 Å². The minimum absolute atomic E-state index is 0.408. The highest BCUT2D eigenvalue weighted by molar-refractivity contribution is 5.85. The van der Waals surface area contributed by atoms with E-state index < -0.39 is 5.76 Å². The summed E-state index contributed by atoms with van der Waals surface area (Å²) >= 11 is 0. The molecule has 3 rings (SSSR count). The van der Waals surface area contributed by atoms with Gasteiger partial charge in [0.25, 0.3) is 0 Å². The first-order valence-electron chi connectivity index (χ1n) is 7.50. The zero-order chi connectivity index (χ0) is 14.7. The smallest absolute Gasteiger partial charge is 0.408 e. The molecule has 1 heterocycles. The number of hydrogen-bond acceptors (Lipinski definition) is 5. The second-order valence-corrected chi connectivity index (χ2v) is 5.51. The summed E-state index contributed by atoms with van der Waals surface area (Å²) in [4.78, 5) is 13.8. The van der Waals surface area contributed by atoms with E-state index in [2.05, 4.69) is 10.3 Å². The predicted molar refractivity (Wildman–Crippen MR) is 82.6 cm³/mol. The van der Waals surface area contributed by atoms with Gasteiger partial charge in [-0.15, -0.1) is 0 Å². The van der Waals surface area contributed by atoms with Crippen molar-refractivity contribution in [2.45, 2.75) is 38.2 Å². The fraction of sp³-hybridized carbons (Fsp3) is 0.533. The lowest BCUT2D eigenvalue weighted by molar-refractivity contribution is 0.0347. The maximum absolute atomic E-state index is 11.1. The Balaban J connectivity index is 1.54. The predicted octanol–water partition coefficient (Wildman–Crippen LogP) is 2.46. The minimum Gasteiger partial charge on any atom is -0.408 e. The average Bonchev–Trinajstić information content (AvgIpc) is 2.83. The second kappa shape index (κ2) is 6.22. The first-order chi connectivity index (χ1) is 10.2. The van der Waals surface area contributed by atoms with Crippen LogP contribution in [0.2, 0.25) is 0 Å². The van der Waals surface area contributed by atoms with E-state index in [1.807, 2.05) is 0 Å². The highest BCUT2D eigenvalue weighted by atomic mass is 16.5. The van der Waals surface area contributed by atoms with E-state index in [9.17, 15) is 4.79 Å². The van der Waals surface area contributed by atoms with Crippen molar-refractivity contribution < 1.29 is 9.15 Å². The summed E-state index contributed by atoms with van der Waals surface area (Å²) < 4.78 is 10.8. The molecule has 114 valence electrons. The Morgan fingerprint density at radius 1 is 1.33 bits per heavy atom. The van der Waals surface area contributed by atoms with Crippen molar-refractivity contribution in [3.8, 4) is 0 Å². The number of aromatic nitrogens is 1. The summed E-state index contributed by atoms with van der Waals surface area (Å²) in [7, 11) is 0. The van der Waals surface area contributed by atoms with Gasteiger partial charge in [0.15, 0.2) is 5.58 Å². The zero-order valence-electron chi connectivity index (χ0n) is 12.0. The lowest BCUT2D eigenvalue weighted by atomic mass is 9.98. The van der Waals surface area contributed by atoms with Gasteiger partial charge in [-0.25, -0.2) is 4.79 Å². The molecule has 6 nitrogen and oxygen atoms in total. The molecule has 0 spiro atoms. The number of nitrogens with one attached hydrogen (secondary N) is 2. The van der Waals surface area contributed by atoms with Crippen LogP contribution >= 0.6 is 0 Å². The van der Waals surface area contributed by atoms with Gasteiger partial charge in [-0.3, -0.25) is 4.98 Å². The van der Waals surface area contributed by atoms with Gasteiger partial charge in [0.1, 0.15) is 0 Å². The standard InChI is InChI=1S/C15H21N3O3/c16-11-8-14-13(18-15(19)21-14)9-12(11)17-6-7-20-10-4-2-1-3-5-10/h8-10,17H,1-7,16H2,(H,18,19). The molecule has 1 aromatic carbocycles. The lowest BCUT2D eigenvalue weighted by Crippen LogP contribution is -2.20. The van der Waals surface area contributed by atoms with Gasteiger partial charge < -0.3 is 20.2 Å². The molecule has 1 fully saturated rings. The number of anilines is 2. The Bertz CT molecular complexity index is 656. The fourth-order valence-corrected chi connectivity index (χ4v) is 2.81. The largest absolute Gasteiger partial charge is 0.417 e. The van der Waals surface area contributed by atoms with E-state index in [4.69, 9.17) is 14.9 Å². The van der Waals surface area contributed by atoms with Crippen LogP contribution in [-0.2, 0) is 4.74 Å². The maximum Gasteiger partial charge on any atom is 0.417 e. The van der Waals surface area contributed by atoms with E-state index in [0.717, 1.165) is 5.69 Å². The van der Waals surface area contributed by atoms with Gasteiger partial charge in [-0.05, 0) is 18.9 Å². The number of rotatable bonds is 5. The molecule has 21 heavy (non-hydrogen) atoms. The van der Waals surface area contributed by atoms with Gasteiger partial charge >= 0.3 is 5.76 Å². The van der Waals surface area contributed by atoms with Gasteiger partial charge in [0.05, 0.1) is 29.6 Å². The number of benzene rings is 1. The van der Waals surface area contributed by atoms with Crippen LogP contribution in [0.3, 0.4) is 0 Å². The van der Waals surface area contributed by atoms with E-state index in [1.165, 1.54) is 32.1 Å². The lowest BCUT2D eigenvalue weighted by Gasteiger charge is -2.22. The molecule has 6 heteroatoms. The highest BCUT2D eigenvalue weighted by Gasteiger charge is 2.13. The van der Waals surface area contributed by atoms with Crippen molar-refractivity contribution in [3.05, 3.63) is 22.7 Å². The number of fused-ring (bicyclic) bond motifs is 1. The van der Waals surface area contributed by atoms with Crippen LogP contribution in [0.25, 0.3) is 11.1 Å². The molecule has 1 aromatic heterocycles. The average molecular weight is 291 g/mol. The first-order valence-corrected chi connectivity index (χ1v) is 7.50. The van der Waals surface area contributed by atoms with Gasteiger partial charge in [0, 0.05) is 12.6 Å². The van der Waals surface area contributed by atoms with Crippen molar-refractivity contribution in [2.75, 3.05) is 24.2 Å². The third kappa shape index (κ3) is 3.39. The quantitative estimate of drug-likeness (QED) is 0.581. The van der Waals surface area contributed by atoms with Crippen molar-refractivity contribution in [3.63, 3.8) is 0 Å². The molecule has 0 bridgehead atoms. The summed E-state index contributed by atoms with van der Waals surface area (Å²) in [5.74, 6) is -0.470. The number of nitrogens with two attached hydrogens (primary N) is 1. The Morgan fingerprint density at radius 3 is 2.95 bits per heavy atom. The van der Waals surface area contributed by atoms with Crippen LogP contribution in [0.1, 0.15) is 32.1 Å². The Morgan fingerprint density at radius 2 is 2.14 bits per heavy atom. The Kier molecular flexibility index (Phi) is 4.15. The fourth-order valence-electron chi connectivity index (χ4n) is 2.81. The van der Waals surface area contributed by atoms with Crippen LogP contribution in [0.5, 0.6) is 0 Å². The third-order valence-electron chi connectivity index (χ3n) is 3.91. The van der Waals surface area contributed by atoms with E-state index in [1.54, 1.807) is 12.1 Å². The van der Waals surface area contributed by atoms with Crippen LogP contribution in [0.4, 0.5) is 11.4 Å². The van der Waals surface area contributed by atoms with Crippen molar-refractivity contribution in [2.24, 2.45) is 0 Å². The van der Waals surface area contributed by atoms with Gasteiger partial charge in [0.2, 0.25) is 0 Å². The SMILES string of the molecule is Nc1cc2oc(=O)[nH]c2cc1NCCOC1CCCCC1. The third-order valence-corrected chi connectivity index (χ3v) is 3.91. The number of oxazole rings is 1. The minimum atomic E-state index is -0.470. The summed E-state index contributed by atoms with van der Waals surface area (Å²) in [6, 6.07) is 3.44. The first kappa shape index (κ1) is 14.0. The molecule has 1 aliphatic carbocycles. The topological polar surface area (TPSA) is 93.3 Å². The zero-order valence-corrected chi connectivity index (χ0v) is 12.0. The second-order valence-electron chi connectivity index (χ2n) is 5.51. The molecular formula is C15H21N3O3. The highest BCUT2D eigenvalue weighted by Crippen LogP contribution is 2.24.